The highest BCUT2D eigenvalue weighted by Gasteiger charge is 2.18. The van der Waals surface area contributed by atoms with E-state index in [1.54, 1.807) is 12.1 Å². The smallest absolute Gasteiger partial charge is 0.115 e. The Labute approximate surface area is 113 Å². The first-order chi connectivity index (χ1) is 9.33. The van der Waals surface area contributed by atoms with Crippen LogP contribution < -0.4 is 5.32 Å². The maximum Gasteiger partial charge on any atom is 0.115 e. The van der Waals surface area contributed by atoms with E-state index < -0.39 is 0 Å². The molecule has 3 rings (SSSR count). The van der Waals surface area contributed by atoms with E-state index in [0.29, 0.717) is 11.8 Å². The van der Waals surface area contributed by atoms with Gasteiger partial charge in [0.15, 0.2) is 0 Å². The Morgan fingerprint density at radius 2 is 2.11 bits per heavy atom. The first-order valence-corrected chi connectivity index (χ1v) is 6.84. The van der Waals surface area contributed by atoms with Gasteiger partial charge in [-0.3, -0.25) is 0 Å². The van der Waals surface area contributed by atoms with Gasteiger partial charge in [-0.2, -0.15) is 0 Å². The molecule has 2 aromatic rings. The highest BCUT2D eigenvalue weighted by molar-refractivity contribution is 5.26. The van der Waals surface area contributed by atoms with Crippen molar-refractivity contribution in [1.29, 1.82) is 0 Å². The summed E-state index contributed by atoms with van der Waals surface area (Å²) < 4.78 is 2.19. The lowest BCUT2D eigenvalue weighted by molar-refractivity contribution is 0.396. The van der Waals surface area contributed by atoms with Crippen LogP contribution in [0, 0.1) is 0 Å². The number of rotatable bonds is 3. The molecule has 0 spiro atoms. The summed E-state index contributed by atoms with van der Waals surface area (Å²) in [5, 5.41) is 12.9. The number of piperidine rings is 1. The number of aromatic nitrogens is 2. The van der Waals surface area contributed by atoms with Crippen molar-refractivity contribution in [2.24, 2.45) is 0 Å². The number of imidazole rings is 1. The third-order valence-electron chi connectivity index (χ3n) is 3.70. The van der Waals surface area contributed by atoms with E-state index in [1.807, 2.05) is 24.7 Å². The molecule has 1 fully saturated rings. The van der Waals surface area contributed by atoms with Gasteiger partial charge in [0.05, 0.1) is 12.0 Å². The van der Waals surface area contributed by atoms with E-state index in [2.05, 4.69) is 14.9 Å². The van der Waals surface area contributed by atoms with Gasteiger partial charge in [0, 0.05) is 18.8 Å². The topological polar surface area (TPSA) is 50.1 Å². The zero-order chi connectivity index (χ0) is 13.1. The van der Waals surface area contributed by atoms with Gasteiger partial charge in [-0.1, -0.05) is 18.6 Å². The number of nitrogens with one attached hydrogen (secondary N) is 1. The van der Waals surface area contributed by atoms with Gasteiger partial charge >= 0.3 is 0 Å². The minimum absolute atomic E-state index is 0.309. The molecular weight excluding hydrogens is 238 g/mol. The van der Waals surface area contributed by atoms with Crippen LogP contribution in [-0.2, 0) is 6.54 Å². The fourth-order valence-corrected chi connectivity index (χ4v) is 2.66. The third-order valence-corrected chi connectivity index (χ3v) is 3.70. The molecule has 1 aliphatic rings. The minimum Gasteiger partial charge on any atom is -0.508 e. The summed E-state index contributed by atoms with van der Waals surface area (Å²) in [5.41, 5.74) is 2.43. The Balaban J connectivity index is 1.77. The van der Waals surface area contributed by atoms with Gasteiger partial charge in [0.2, 0.25) is 0 Å². The molecule has 1 unspecified atom stereocenters. The molecule has 0 radical (unpaired) electrons. The molecule has 1 aromatic carbocycles. The Bertz CT molecular complexity index is 527. The number of phenols is 1. The van der Waals surface area contributed by atoms with Crippen LogP contribution in [0.5, 0.6) is 5.75 Å². The van der Waals surface area contributed by atoms with Crippen molar-refractivity contribution in [3.63, 3.8) is 0 Å². The van der Waals surface area contributed by atoms with E-state index in [9.17, 15) is 5.11 Å². The molecule has 0 amide bonds. The van der Waals surface area contributed by atoms with Gasteiger partial charge in [-0.15, -0.1) is 0 Å². The highest BCUT2D eigenvalue weighted by atomic mass is 16.3. The fourth-order valence-electron chi connectivity index (χ4n) is 2.66. The maximum atomic E-state index is 9.31. The molecule has 1 atom stereocenters. The van der Waals surface area contributed by atoms with Crippen LogP contribution in [0.1, 0.15) is 36.6 Å². The molecular formula is C15H19N3O. The van der Waals surface area contributed by atoms with Crippen LogP contribution in [0.15, 0.2) is 36.8 Å². The summed E-state index contributed by atoms with van der Waals surface area (Å²) in [6, 6.07) is 7.78. The second kappa shape index (κ2) is 5.45. The fraction of sp³-hybridized carbons (Fsp3) is 0.400. The predicted octanol–water partition coefficient (Wildman–Crippen LogP) is 2.45. The molecule has 2 heterocycles. The SMILES string of the molecule is Oc1ccc(Cn2cncc2C2CCCCN2)cc1. The van der Waals surface area contributed by atoms with E-state index in [0.717, 1.165) is 13.1 Å². The van der Waals surface area contributed by atoms with E-state index in [-0.39, 0.29) is 0 Å². The largest absolute Gasteiger partial charge is 0.508 e. The highest BCUT2D eigenvalue weighted by Crippen LogP contribution is 2.23. The molecule has 4 nitrogen and oxygen atoms in total. The molecule has 19 heavy (non-hydrogen) atoms. The van der Waals surface area contributed by atoms with Gasteiger partial charge in [0.1, 0.15) is 5.75 Å². The Hall–Kier alpha value is -1.81. The quantitative estimate of drug-likeness (QED) is 0.888. The molecule has 1 aromatic heterocycles. The zero-order valence-electron chi connectivity index (χ0n) is 10.9. The van der Waals surface area contributed by atoms with Crippen molar-refractivity contribution in [2.75, 3.05) is 6.54 Å². The van der Waals surface area contributed by atoms with Gasteiger partial charge < -0.3 is 15.0 Å². The average Bonchev–Trinajstić information content (AvgIpc) is 2.90. The third kappa shape index (κ3) is 2.79. The lowest BCUT2D eigenvalue weighted by Gasteiger charge is -2.24. The normalized spacial score (nSPS) is 19.5. The first kappa shape index (κ1) is 12.2. The van der Waals surface area contributed by atoms with Crippen molar-refractivity contribution in [2.45, 2.75) is 31.8 Å². The lowest BCUT2D eigenvalue weighted by Crippen LogP contribution is -2.28. The number of aromatic hydroxyl groups is 1. The predicted molar refractivity (Wildman–Crippen MR) is 74.0 cm³/mol. The molecule has 0 bridgehead atoms. The van der Waals surface area contributed by atoms with E-state index in [4.69, 9.17) is 0 Å². The van der Waals surface area contributed by atoms with Crippen LogP contribution in [0.3, 0.4) is 0 Å². The van der Waals surface area contributed by atoms with Gasteiger partial charge in [-0.05, 0) is 37.1 Å². The van der Waals surface area contributed by atoms with Crippen LogP contribution in [0.4, 0.5) is 0 Å². The molecule has 0 aliphatic carbocycles. The van der Waals surface area contributed by atoms with Crippen LogP contribution in [0.25, 0.3) is 0 Å². The Morgan fingerprint density at radius 1 is 1.26 bits per heavy atom. The summed E-state index contributed by atoms with van der Waals surface area (Å²) in [6.45, 7) is 1.89. The lowest BCUT2D eigenvalue weighted by atomic mass is 10.0. The van der Waals surface area contributed by atoms with Gasteiger partial charge in [0.25, 0.3) is 0 Å². The molecule has 1 aliphatic heterocycles. The van der Waals surface area contributed by atoms with Gasteiger partial charge in [-0.25, -0.2) is 4.98 Å². The molecule has 4 heteroatoms. The molecule has 0 saturated carbocycles. The second-order valence-corrected chi connectivity index (χ2v) is 5.12. The molecule has 2 N–H and O–H groups in total. The Kier molecular flexibility index (Phi) is 3.51. The monoisotopic (exact) mass is 257 g/mol. The maximum absolute atomic E-state index is 9.31. The number of benzene rings is 1. The summed E-state index contributed by atoms with van der Waals surface area (Å²) in [4.78, 5) is 4.28. The summed E-state index contributed by atoms with van der Waals surface area (Å²) in [6.07, 6.45) is 7.58. The van der Waals surface area contributed by atoms with Crippen LogP contribution in [-0.4, -0.2) is 21.2 Å². The van der Waals surface area contributed by atoms with Crippen molar-refractivity contribution < 1.29 is 5.11 Å². The summed E-state index contributed by atoms with van der Waals surface area (Å²) in [5.74, 6) is 0.309. The zero-order valence-corrected chi connectivity index (χ0v) is 10.9. The van der Waals surface area contributed by atoms with Crippen LogP contribution >= 0.6 is 0 Å². The van der Waals surface area contributed by atoms with Crippen molar-refractivity contribution in [1.82, 2.24) is 14.9 Å². The summed E-state index contributed by atoms with van der Waals surface area (Å²) in [7, 11) is 0. The van der Waals surface area contributed by atoms with Crippen molar-refractivity contribution >= 4 is 0 Å². The van der Waals surface area contributed by atoms with E-state index in [1.165, 1.54) is 30.5 Å². The number of phenolic OH excluding ortho intramolecular Hbond substituents is 1. The number of hydrogen-bond acceptors (Lipinski definition) is 3. The first-order valence-electron chi connectivity index (χ1n) is 6.84. The minimum atomic E-state index is 0.309. The van der Waals surface area contributed by atoms with E-state index >= 15 is 0 Å². The summed E-state index contributed by atoms with van der Waals surface area (Å²) >= 11 is 0. The standard InChI is InChI=1S/C15H19N3O/c19-13-6-4-12(5-7-13)10-18-11-16-9-15(18)14-3-1-2-8-17-14/h4-7,9,11,14,17,19H,1-3,8,10H2. The number of nitrogens with zero attached hydrogens (tertiary/aromatic N) is 2. The van der Waals surface area contributed by atoms with Crippen molar-refractivity contribution in [3.05, 3.63) is 48.0 Å². The Morgan fingerprint density at radius 3 is 2.84 bits per heavy atom. The second-order valence-electron chi connectivity index (χ2n) is 5.12. The van der Waals surface area contributed by atoms with Crippen molar-refractivity contribution in [3.8, 4) is 5.75 Å². The molecule has 1 saturated heterocycles. The number of hydrogen-bond donors (Lipinski definition) is 2. The van der Waals surface area contributed by atoms with Crippen LogP contribution in [0.2, 0.25) is 0 Å². The average molecular weight is 257 g/mol. The molecule has 100 valence electrons.